The highest BCUT2D eigenvalue weighted by atomic mass is 16.1. The number of aromatic nitrogens is 2. The van der Waals surface area contributed by atoms with E-state index in [4.69, 9.17) is 4.98 Å². The molecule has 3 heterocycles. The largest absolute Gasteiger partial charge is 0.356 e. The molecule has 0 radical (unpaired) electrons. The fourth-order valence-electron chi connectivity index (χ4n) is 6.39. The van der Waals surface area contributed by atoms with E-state index in [0.717, 1.165) is 80.8 Å². The van der Waals surface area contributed by atoms with Crippen LogP contribution in [0.1, 0.15) is 50.7 Å². The van der Waals surface area contributed by atoms with Gasteiger partial charge in [-0.05, 0) is 74.2 Å². The molecule has 2 aromatic carbocycles. The van der Waals surface area contributed by atoms with Crippen molar-refractivity contribution in [3.05, 3.63) is 59.7 Å². The fraction of sp³-hybridized carbons (Fsp3) is 0.548. The summed E-state index contributed by atoms with van der Waals surface area (Å²) in [5.41, 5.74) is 4.81. The topological polar surface area (TPSA) is 53.4 Å². The smallest absolute Gasteiger partial charge is 0.223 e. The van der Waals surface area contributed by atoms with Gasteiger partial charge in [-0.2, -0.15) is 0 Å². The average molecular weight is 502 g/mol. The Labute approximate surface area is 222 Å². The van der Waals surface area contributed by atoms with Crippen molar-refractivity contribution in [1.29, 1.82) is 0 Å². The number of imidazole rings is 1. The lowest BCUT2D eigenvalue weighted by Crippen LogP contribution is -2.43. The molecular weight excluding hydrogens is 458 g/mol. The average Bonchev–Trinajstić information content (AvgIpc) is 3.26. The van der Waals surface area contributed by atoms with E-state index in [1.165, 1.54) is 30.6 Å². The Balaban J connectivity index is 1.16. The maximum Gasteiger partial charge on any atom is 0.223 e. The van der Waals surface area contributed by atoms with Crippen LogP contribution >= 0.6 is 0 Å². The zero-order valence-electron chi connectivity index (χ0n) is 22.8. The van der Waals surface area contributed by atoms with Gasteiger partial charge >= 0.3 is 0 Å². The summed E-state index contributed by atoms with van der Waals surface area (Å²) in [5, 5.41) is 3.24. The minimum atomic E-state index is 0.0977. The summed E-state index contributed by atoms with van der Waals surface area (Å²) in [7, 11) is 0. The van der Waals surface area contributed by atoms with Crippen LogP contribution in [-0.2, 0) is 11.3 Å². The van der Waals surface area contributed by atoms with E-state index in [-0.39, 0.29) is 11.8 Å². The number of carbonyl (C=O) groups is 1. The minimum Gasteiger partial charge on any atom is -0.356 e. The van der Waals surface area contributed by atoms with Crippen molar-refractivity contribution in [1.82, 2.24) is 19.8 Å². The van der Waals surface area contributed by atoms with Crippen molar-refractivity contribution < 1.29 is 4.79 Å². The molecule has 2 fully saturated rings. The molecule has 0 spiro atoms. The zero-order chi connectivity index (χ0) is 25.8. The summed E-state index contributed by atoms with van der Waals surface area (Å²) < 4.78 is 2.35. The first-order chi connectivity index (χ1) is 18.0. The monoisotopic (exact) mass is 501 g/mol. The Morgan fingerprint density at radius 3 is 2.46 bits per heavy atom. The van der Waals surface area contributed by atoms with Gasteiger partial charge in [-0.1, -0.05) is 50.2 Å². The summed E-state index contributed by atoms with van der Waals surface area (Å²) in [5.74, 6) is 2.92. The first kappa shape index (κ1) is 25.8. The molecule has 2 aliphatic rings. The van der Waals surface area contributed by atoms with E-state index in [2.05, 4.69) is 89.0 Å². The molecular formula is C31H43N5O. The molecule has 0 aliphatic carbocycles. The van der Waals surface area contributed by atoms with E-state index in [9.17, 15) is 4.79 Å². The van der Waals surface area contributed by atoms with Gasteiger partial charge in [-0.25, -0.2) is 4.98 Å². The van der Waals surface area contributed by atoms with Gasteiger partial charge in [0.05, 0.1) is 17.6 Å². The third kappa shape index (κ3) is 6.18. The number of piperidine rings is 2. The molecule has 37 heavy (non-hydrogen) atoms. The highest BCUT2D eigenvalue weighted by molar-refractivity contribution is 5.80. The van der Waals surface area contributed by atoms with Crippen LogP contribution in [0, 0.1) is 24.7 Å². The Hall–Kier alpha value is -2.86. The van der Waals surface area contributed by atoms with Crippen LogP contribution in [0.4, 0.5) is 5.95 Å². The number of para-hydroxylation sites is 2. The molecule has 6 nitrogen and oxygen atoms in total. The van der Waals surface area contributed by atoms with Crippen molar-refractivity contribution >= 4 is 22.9 Å². The lowest BCUT2D eigenvalue weighted by molar-refractivity contribution is -0.125. The summed E-state index contributed by atoms with van der Waals surface area (Å²) in [4.78, 5) is 22.9. The Bertz CT molecular complexity index is 1190. The van der Waals surface area contributed by atoms with Crippen LogP contribution in [0.3, 0.4) is 0 Å². The molecule has 3 aromatic rings. The number of hydrogen-bond acceptors (Lipinski definition) is 4. The summed E-state index contributed by atoms with van der Waals surface area (Å²) in [6, 6.07) is 17.0. The lowest BCUT2D eigenvalue weighted by Gasteiger charge is -2.35. The molecule has 2 atom stereocenters. The number of likely N-dealkylation sites (tertiary alicyclic amines) is 1. The quantitative estimate of drug-likeness (QED) is 0.437. The van der Waals surface area contributed by atoms with E-state index >= 15 is 0 Å². The van der Waals surface area contributed by atoms with Crippen molar-refractivity contribution in [2.75, 3.05) is 44.2 Å². The van der Waals surface area contributed by atoms with Crippen molar-refractivity contribution in [2.45, 2.75) is 53.0 Å². The number of amides is 1. The van der Waals surface area contributed by atoms with Crippen LogP contribution in [0.2, 0.25) is 0 Å². The Morgan fingerprint density at radius 2 is 1.70 bits per heavy atom. The van der Waals surface area contributed by atoms with Gasteiger partial charge < -0.3 is 19.7 Å². The zero-order valence-corrected chi connectivity index (χ0v) is 22.8. The van der Waals surface area contributed by atoms with Crippen LogP contribution in [-0.4, -0.2) is 59.6 Å². The van der Waals surface area contributed by atoms with E-state index in [1.54, 1.807) is 0 Å². The Kier molecular flexibility index (Phi) is 8.14. The van der Waals surface area contributed by atoms with Crippen LogP contribution in [0.25, 0.3) is 11.0 Å². The van der Waals surface area contributed by atoms with Gasteiger partial charge in [0.25, 0.3) is 0 Å². The van der Waals surface area contributed by atoms with Crippen molar-refractivity contribution in [3.8, 4) is 0 Å². The molecule has 1 amide bonds. The minimum absolute atomic E-state index is 0.0977. The predicted octanol–water partition coefficient (Wildman–Crippen LogP) is 5.09. The van der Waals surface area contributed by atoms with Crippen LogP contribution in [0.15, 0.2) is 48.5 Å². The fourth-order valence-corrected chi connectivity index (χ4v) is 6.39. The summed E-state index contributed by atoms with van der Waals surface area (Å²) in [6.07, 6.45) is 4.13. The second-order valence-electron chi connectivity index (χ2n) is 11.5. The summed E-state index contributed by atoms with van der Waals surface area (Å²) >= 11 is 0. The molecule has 198 valence electrons. The molecule has 1 aromatic heterocycles. The summed E-state index contributed by atoms with van der Waals surface area (Å²) in [6.45, 7) is 13.7. The number of hydrogen-bond donors (Lipinski definition) is 1. The van der Waals surface area contributed by atoms with Gasteiger partial charge in [-0.3, -0.25) is 4.79 Å². The second-order valence-corrected chi connectivity index (χ2v) is 11.5. The number of rotatable bonds is 8. The number of nitrogens with zero attached hydrogens (tertiary/aromatic N) is 4. The number of carbonyl (C=O) groups excluding carboxylic acids is 1. The highest BCUT2D eigenvalue weighted by Crippen LogP contribution is 2.28. The molecule has 5 rings (SSSR count). The highest BCUT2D eigenvalue weighted by Gasteiger charge is 2.28. The van der Waals surface area contributed by atoms with Crippen LogP contribution < -0.4 is 10.2 Å². The van der Waals surface area contributed by atoms with Crippen LogP contribution in [0.5, 0.6) is 0 Å². The van der Waals surface area contributed by atoms with Crippen molar-refractivity contribution in [2.24, 2.45) is 17.8 Å². The third-order valence-corrected chi connectivity index (χ3v) is 8.27. The molecule has 1 N–H and O–H groups in total. The molecule has 0 bridgehead atoms. The second kappa shape index (κ2) is 11.7. The standard InChI is InChI=1S/C31H43N5O/c1-23-19-24(2)21-34(20-23)16-8-15-32-30(37)26-13-17-35(18-14-26)31-33-28-11-6-7-12-29(28)36(31)22-27-10-5-4-9-25(27)3/h4-7,9-12,23-24,26H,8,13-22H2,1-3H3,(H,32,37)/t23-,24-/m1/s1. The molecule has 2 aliphatic heterocycles. The first-order valence-electron chi connectivity index (χ1n) is 14.2. The predicted molar refractivity (Wildman–Crippen MR) is 152 cm³/mol. The van der Waals surface area contributed by atoms with Gasteiger partial charge in [-0.15, -0.1) is 0 Å². The van der Waals surface area contributed by atoms with E-state index < -0.39 is 0 Å². The first-order valence-corrected chi connectivity index (χ1v) is 14.2. The molecule has 6 heteroatoms. The maximum atomic E-state index is 12.9. The molecule has 2 saturated heterocycles. The Morgan fingerprint density at radius 1 is 1.00 bits per heavy atom. The van der Waals surface area contributed by atoms with Crippen molar-refractivity contribution in [3.63, 3.8) is 0 Å². The maximum absolute atomic E-state index is 12.9. The lowest BCUT2D eigenvalue weighted by atomic mass is 9.92. The third-order valence-electron chi connectivity index (χ3n) is 8.27. The number of anilines is 1. The number of fused-ring (bicyclic) bond motifs is 1. The van der Waals surface area contributed by atoms with Gasteiger partial charge in [0.2, 0.25) is 11.9 Å². The van der Waals surface area contributed by atoms with Gasteiger partial charge in [0.15, 0.2) is 0 Å². The number of aryl methyl sites for hydroxylation is 1. The normalized spacial score (nSPS) is 21.4. The number of nitrogens with one attached hydrogen (secondary N) is 1. The van der Waals surface area contributed by atoms with E-state index in [0.29, 0.717) is 0 Å². The molecule has 0 saturated carbocycles. The van der Waals surface area contributed by atoms with Gasteiger partial charge in [0.1, 0.15) is 0 Å². The van der Waals surface area contributed by atoms with E-state index in [1.807, 2.05) is 0 Å². The van der Waals surface area contributed by atoms with Gasteiger partial charge in [0, 0.05) is 38.6 Å². The molecule has 0 unspecified atom stereocenters. The number of benzene rings is 2. The SMILES string of the molecule is Cc1ccccc1Cn1c(N2CCC(C(=O)NCCCN3C[C@H](C)C[C@@H](C)C3)CC2)nc2ccccc21.